The van der Waals surface area contributed by atoms with Gasteiger partial charge >= 0.3 is 0 Å². The fraction of sp³-hybridized carbons (Fsp3) is 0.500. The van der Waals surface area contributed by atoms with Crippen molar-refractivity contribution in [1.29, 1.82) is 0 Å². The highest BCUT2D eigenvalue weighted by molar-refractivity contribution is 5.79. The molecular formula is C22H30N4O2. The molecule has 1 atom stereocenters. The van der Waals surface area contributed by atoms with E-state index in [4.69, 9.17) is 0 Å². The number of unbranched alkanes of at least 4 members (excludes halogenated alkanes) is 1. The Balaban J connectivity index is 1.67. The zero-order valence-electron chi connectivity index (χ0n) is 16.9. The standard InChI is InChI=1S/C22H30N4O2/c1-3-4-12-24(2)22(28)19-11-8-13-25(17-19)20-14-21(27)26(23-15-20)16-18-9-6-5-7-10-18/h5-7,9-10,14-15,19H,3-4,8,11-13,16-17H2,1-2H3/t19-/m0/s1. The number of benzene rings is 1. The summed E-state index contributed by atoms with van der Waals surface area (Å²) >= 11 is 0. The third-order valence-electron chi connectivity index (χ3n) is 5.39. The largest absolute Gasteiger partial charge is 0.369 e. The Morgan fingerprint density at radius 1 is 1.29 bits per heavy atom. The second kappa shape index (κ2) is 9.53. The van der Waals surface area contributed by atoms with E-state index >= 15 is 0 Å². The summed E-state index contributed by atoms with van der Waals surface area (Å²) in [5, 5.41) is 4.36. The molecule has 1 aromatic carbocycles. The van der Waals surface area contributed by atoms with E-state index in [2.05, 4.69) is 16.9 Å². The van der Waals surface area contributed by atoms with Crippen LogP contribution in [-0.2, 0) is 11.3 Å². The number of carbonyl (C=O) groups is 1. The van der Waals surface area contributed by atoms with E-state index < -0.39 is 0 Å². The number of anilines is 1. The van der Waals surface area contributed by atoms with E-state index in [9.17, 15) is 9.59 Å². The summed E-state index contributed by atoms with van der Waals surface area (Å²) in [7, 11) is 1.89. The van der Waals surface area contributed by atoms with Crippen molar-refractivity contribution in [3.05, 3.63) is 58.5 Å². The molecule has 0 aliphatic carbocycles. The van der Waals surface area contributed by atoms with Crippen molar-refractivity contribution in [3.63, 3.8) is 0 Å². The first-order chi connectivity index (χ1) is 13.6. The molecule has 3 rings (SSSR count). The highest BCUT2D eigenvalue weighted by atomic mass is 16.2. The molecule has 0 N–H and O–H groups in total. The molecule has 1 amide bonds. The zero-order valence-corrected chi connectivity index (χ0v) is 16.9. The Morgan fingerprint density at radius 3 is 2.79 bits per heavy atom. The van der Waals surface area contributed by atoms with Crippen LogP contribution in [-0.4, -0.2) is 47.3 Å². The summed E-state index contributed by atoms with van der Waals surface area (Å²) < 4.78 is 1.48. The molecule has 150 valence electrons. The number of aromatic nitrogens is 2. The number of carbonyl (C=O) groups excluding carboxylic acids is 1. The van der Waals surface area contributed by atoms with Crippen LogP contribution in [0.5, 0.6) is 0 Å². The van der Waals surface area contributed by atoms with Gasteiger partial charge in [0.15, 0.2) is 0 Å². The molecular weight excluding hydrogens is 352 g/mol. The number of rotatable bonds is 7. The van der Waals surface area contributed by atoms with E-state index in [1.807, 2.05) is 42.3 Å². The number of hydrogen-bond acceptors (Lipinski definition) is 4. The maximum atomic E-state index is 12.7. The first kappa shape index (κ1) is 20.1. The van der Waals surface area contributed by atoms with E-state index in [0.29, 0.717) is 13.1 Å². The van der Waals surface area contributed by atoms with Crippen molar-refractivity contribution in [2.75, 3.05) is 31.6 Å². The van der Waals surface area contributed by atoms with Crippen molar-refractivity contribution >= 4 is 11.6 Å². The van der Waals surface area contributed by atoms with Crippen LogP contribution < -0.4 is 10.5 Å². The lowest BCUT2D eigenvalue weighted by Crippen LogP contribution is -2.44. The lowest BCUT2D eigenvalue weighted by Gasteiger charge is -2.35. The second-order valence-electron chi connectivity index (χ2n) is 7.59. The molecule has 28 heavy (non-hydrogen) atoms. The van der Waals surface area contributed by atoms with E-state index in [-0.39, 0.29) is 17.4 Å². The van der Waals surface area contributed by atoms with Gasteiger partial charge in [-0.3, -0.25) is 9.59 Å². The summed E-state index contributed by atoms with van der Waals surface area (Å²) in [5.41, 5.74) is 1.74. The zero-order chi connectivity index (χ0) is 19.9. The third-order valence-corrected chi connectivity index (χ3v) is 5.39. The summed E-state index contributed by atoms with van der Waals surface area (Å²) in [5.74, 6) is 0.200. The smallest absolute Gasteiger partial charge is 0.269 e. The van der Waals surface area contributed by atoms with Gasteiger partial charge in [0.05, 0.1) is 24.3 Å². The molecule has 0 spiro atoms. The van der Waals surface area contributed by atoms with Gasteiger partial charge in [-0.15, -0.1) is 0 Å². The predicted octanol–water partition coefficient (Wildman–Crippen LogP) is 2.77. The molecule has 1 fully saturated rings. The van der Waals surface area contributed by atoms with Gasteiger partial charge in [-0.1, -0.05) is 43.7 Å². The molecule has 1 saturated heterocycles. The Bertz CT molecular complexity index is 834. The number of amides is 1. The molecule has 1 aliphatic rings. The van der Waals surface area contributed by atoms with Crippen LogP contribution in [0.15, 0.2) is 47.4 Å². The van der Waals surface area contributed by atoms with Crippen molar-refractivity contribution in [3.8, 4) is 0 Å². The van der Waals surface area contributed by atoms with Crippen molar-refractivity contribution in [2.45, 2.75) is 39.2 Å². The number of nitrogens with zero attached hydrogens (tertiary/aromatic N) is 4. The van der Waals surface area contributed by atoms with Crippen molar-refractivity contribution < 1.29 is 4.79 Å². The van der Waals surface area contributed by atoms with Gasteiger partial charge in [0.1, 0.15) is 0 Å². The highest BCUT2D eigenvalue weighted by Gasteiger charge is 2.28. The van der Waals surface area contributed by atoms with Gasteiger partial charge in [-0.05, 0) is 24.8 Å². The van der Waals surface area contributed by atoms with Crippen LogP contribution in [0.4, 0.5) is 5.69 Å². The Hall–Kier alpha value is -2.63. The minimum Gasteiger partial charge on any atom is -0.369 e. The lowest BCUT2D eigenvalue weighted by molar-refractivity contribution is -0.134. The first-order valence-electron chi connectivity index (χ1n) is 10.2. The van der Waals surface area contributed by atoms with Gasteiger partial charge in [0.2, 0.25) is 5.91 Å². The van der Waals surface area contributed by atoms with Crippen LogP contribution in [0.1, 0.15) is 38.2 Å². The molecule has 1 aliphatic heterocycles. The van der Waals surface area contributed by atoms with Gasteiger partial charge in [-0.2, -0.15) is 5.10 Å². The van der Waals surface area contributed by atoms with Gasteiger partial charge in [0, 0.05) is 32.7 Å². The maximum Gasteiger partial charge on any atom is 0.269 e. The van der Waals surface area contributed by atoms with Crippen molar-refractivity contribution in [1.82, 2.24) is 14.7 Å². The summed E-state index contributed by atoms with van der Waals surface area (Å²) in [4.78, 5) is 29.2. The number of hydrogen-bond donors (Lipinski definition) is 0. The molecule has 2 heterocycles. The summed E-state index contributed by atoms with van der Waals surface area (Å²) in [6.07, 6.45) is 5.72. The van der Waals surface area contributed by atoms with Crippen LogP contribution in [0.3, 0.4) is 0 Å². The normalized spacial score (nSPS) is 16.8. The average Bonchev–Trinajstić information content (AvgIpc) is 2.73. The summed E-state index contributed by atoms with van der Waals surface area (Å²) in [6, 6.07) is 11.5. The van der Waals surface area contributed by atoms with Crippen LogP contribution in [0, 0.1) is 5.92 Å². The van der Waals surface area contributed by atoms with E-state index in [1.165, 1.54) is 4.68 Å². The Kier molecular flexibility index (Phi) is 6.85. The predicted molar refractivity (Wildman–Crippen MR) is 112 cm³/mol. The van der Waals surface area contributed by atoms with E-state index in [1.54, 1.807) is 12.3 Å². The molecule has 1 aromatic heterocycles. The third kappa shape index (κ3) is 5.00. The van der Waals surface area contributed by atoms with Crippen LogP contribution in [0.2, 0.25) is 0 Å². The van der Waals surface area contributed by atoms with Crippen LogP contribution in [0.25, 0.3) is 0 Å². The Morgan fingerprint density at radius 2 is 2.07 bits per heavy atom. The Labute approximate surface area is 166 Å². The van der Waals surface area contributed by atoms with Crippen LogP contribution >= 0.6 is 0 Å². The van der Waals surface area contributed by atoms with Gasteiger partial charge in [0.25, 0.3) is 5.56 Å². The highest BCUT2D eigenvalue weighted by Crippen LogP contribution is 2.23. The van der Waals surface area contributed by atoms with E-state index in [0.717, 1.165) is 50.0 Å². The molecule has 6 nitrogen and oxygen atoms in total. The first-order valence-corrected chi connectivity index (χ1v) is 10.2. The minimum absolute atomic E-state index is 0.0117. The molecule has 6 heteroatoms. The number of piperidine rings is 1. The average molecular weight is 383 g/mol. The minimum atomic E-state index is -0.116. The lowest BCUT2D eigenvalue weighted by atomic mass is 9.96. The SMILES string of the molecule is CCCCN(C)C(=O)[C@H]1CCCN(c2cnn(Cc3ccccc3)c(=O)c2)C1. The molecule has 2 aromatic rings. The summed E-state index contributed by atoms with van der Waals surface area (Å²) in [6.45, 7) is 4.91. The molecule has 0 saturated carbocycles. The monoisotopic (exact) mass is 382 g/mol. The van der Waals surface area contributed by atoms with Gasteiger partial charge in [-0.25, -0.2) is 4.68 Å². The molecule has 0 radical (unpaired) electrons. The molecule has 0 unspecified atom stereocenters. The molecule has 0 bridgehead atoms. The maximum absolute atomic E-state index is 12.7. The van der Waals surface area contributed by atoms with Gasteiger partial charge < -0.3 is 9.80 Å². The fourth-order valence-electron chi connectivity index (χ4n) is 3.70. The fourth-order valence-corrected chi connectivity index (χ4v) is 3.70. The second-order valence-corrected chi connectivity index (χ2v) is 7.59. The van der Waals surface area contributed by atoms with Crippen molar-refractivity contribution in [2.24, 2.45) is 5.92 Å². The topological polar surface area (TPSA) is 58.4 Å². The quantitative estimate of drug-likeness (QED) is 0.739.